The predicted molar refractivity (Wildman–Crippen MR) is 374 cm³/mol. The Morgan fingerprint density at radius 1 is 0.531 bits per heavy atom. The minimum atomic E-state index is -0.946. The monoisotopic (exact) mass is 1360 g/mol. The minimum absolute atomic E-state index is 0.0229. The number of nitrogens with one attached hydrogen (secondary N) is 1. The van der Waals surface area contributed by atoms with Crippen molar-refractivity contribution in [2.75, 3.05) is 74.4 Å². The average molecular weight is 1360 g/mol. The number of hydrogen-bond acceptors (Lipinski definition) is 23. The summed E-state index contributed by atoms with van der Waals surface area (Å²) in [5.74, 6) is 0.275. The molecule has 0 atom stereocenters. The number of aryl methyl sites for hydroxylation is 4. The highest BCUT2D eigenvalue weighted by atomic mass is 35.5. The number of nitrogen functional groups attached to an aromatic ring is 5. The van der Waals surface area contributed by atoms with Gasteiger partial charge in [0.1, 0.15) is 16.6 Å². The molecule has 1 amide bonds. The first-order chi connectivity index (χ1) is 46.1. The number of ether oxygens (including phenoxy) is 2. The third-order valence-electron chi connectivity index (χ3n) is 14.2. The molecule has 0 bridgehead atoms. The molecule has 5 aromatic carbocycles. The molecule has 0 aliphatic carbocycles. The first-order valence-electron chi connectivity index (χ1n) is 30.0. The van der Waals surface area contributed by atoms with E-state index in [1.165, 1.54) is 13.2 Å². The SMILES string of the molecule is CCc1cc(-c2ccc(C(=O)O)cc2)nc(N)n1.CCc1cc(-c2ccc(C(=O)OC)cc2)nc(N)n1.CCc1cc(-c2ccc(O)c(Cl)c2Cl)nc(N)n1.CCc1cc(-c2cccc(CO)c2)nc(N)n1.CNc1cc(-c2ccc(C(=O)N3CCOCC3)c(Cl)c2)nc(N)n1. The van der Waals surface area contributed by atoms with Gasteiger partial charge >= 0.3 is 11.9 Å². The van der Waals surface area contributed by atoms with Crippen LogP contribution in [0.2, 0.25) is 15.1 Å². The number of carbonyl (C=O) groups excluding carboxylic acids is 2. The second kappa shape index (κ2) is 35.0. The van der Waals surface area contributed by atoms with E-state index >= 15 is 0 Å². The Hall–Kier alpha value is -10.7. The summed E-state index contributed by atoms with van der Waals surface area (Å²) in [6.45, 7) is 10.3. The number of methoxy groups -OCH3 is 1. The number of morpholine rings is 1. The highest BCUT2D eigenvalue weighted by molar-refractivity contribution is 6.44. The second-order valence-electron chi connectivity index (χ2n) is 20.7. The van der Waals surface area contributed by atoms with Crippen LogP contribution in [0.15, 0.2) is 133 Å². The molecule has 14 N–H and O–H groups in total. The number of nitrogens with two attached hydrogens (primary N) is 5. The van der Waals surface area contributed by atoms with Crippen LogP contribution in [0.25, 0.3) is 56.3 Å². The van der Waals surface area contributed by atoms with E-state index in [0.29, 0.717) is 70.9 Å². The number of phenolic OH excluding ortho intramolecular Hbond substituents is 1. The molecule has 28 heteroatoms. The number of aliphatic hydroxyl groups is 1. The van der Waals surface area contributed by atoms with E-state index in [0.717, 1.165) is 87.7 Å². The summed E-state index contributed by atoms with van der Waals surface area (Å²) in [5.41, 5.74) is 41.4. The van der Waals surface area contributed by atoms with Gasteiger partial charge in [0.15, 0.2) is 0 Å². The Bertz CT molecular complexity index is 4340. The van der Waals surface area contributed by atoms with Crippen molar-refractivity contribution in [2.24, 2.45) is 0 Å². The maximum Gasteiger partial charge on any atom is 0.337 e. The minimum Gasteiger partial charge on any atom is -0.506 e. The number of aromatic carboxylic acids is 1. The molecule has 0 saturated carbocycles. The number of rotatable bonds is 14. The van der Waals surface area contributed by atoms with Crippen LogP contribution in [-0.4, -0.2) is 128 Å². The summed E-state index contributed by atoms with van der Waals surface area (Å²) in [6, 6.07) is 38.7. The zero-order valence-corrected chi connectivity index (χ0v) is 55.7. The highest BCUT2D eigenvalue weighted by Crippen LogP contribution is 2.39. The molecule has 6 heterocycles. The van der Waals surface area contributed by atoms with E-state index < -0.39 is 5.97 Å². The van der Waals surface area contributed by atoms with Gasteiger partial charge in [-0.15, -0.1) is 0 Å². The van der Waals surface area contributed by atoms with Crippen LogP contribution in [0, 0.1) is 0 Å². The molecule has 25 nitrogen and oxygen atoms in total. The summed E-state index contributed by atoms with van der Waals surface area (Å²) < 4.78 is 9.92. The maximum absolute atomic E-state index is 12.6. The molecule has 0 radical (unpaired) electrons. The molecule has 0 unspecified atom stereocenters. The summed E-state index contributed by atoms with van der Waals surface area (Å²) in [5, 5.41) is 31.0. The molecule has 11 rings (SSSR count). The molecular formula is C68H72Cl3N17O8. The van der Waals surface area contributed by atoms with Crippen molar-refractivity contribution < 1.29 is 39.2 Å². The Labute approximate surface area is 569 Å². The number of nitrogens with zero attached hydrogens (tertiary/aromatic N) is 11. The molecule has 1 fully saturated rings. The first kappa shape index (κ1) is 72.7. The van der Waals surface area contributed by atoms with E-state index in [-0.39, 0.29) is 69.6 Å². The third kappa shape index (κ3) is 20.2. The molecule has 5 aromatic heterocycles. The molecule has 0 spiro atoms. The number of carboxylic acid groups (broad SMARTS) is 1. The van der Waals surface area contributed by atoms with Gasteiger partial charge in [-0.05, 0) is 110 Å². The number of aromatic nitrogens is 10. The molecule has 1 aliphatic rings. The fourth-order valence-electron chi connectivity index (χ4n) is 9.15. The Morgan fingerprint density at radius 2 is 0.969 bits per heavy atom. The Balaban J connectivity index is 0.000000170. The Morgan fingerprint density at radius 3 is 1.43 bits per heavy atom. The van der Waals surface area contributed by atoms with Gasteiger partial charge in [0.25, 0.3) is 5.91 Å². The lowest BCUT2D eigenvalue weighted by atomic mass is 10.1. The normalized spacial score (nSPS) is 11.4. The zero-order valence-electron chi connectivity index (χ0n) is 53.4. The summed E-state index contributed by atoms with van der Waals surface area (Å²) >= 11 is 18.3. The lowest BCUT2D eigenvalue weighted by Gasteiger charge is -2.27. The van der Waals surface area contributed by atoms with Crippen molar-refractivity contribution in [3.63, 3.8) is 0 Å². The quantitative estimate of drug-likeness (QED) is 0.0457. The smallest absolute Gasteiger partial charge is 0.337 e. The largest absolute Gasteiger partial charge is 0.506 e. The van der Waals surface area contributed by atoms with Crippen molar-refractivity contribution in [1.29, 1.82) is 0 Å². The van der Waals surface area contributed by atoms with Gasteiger partial charge in [-0.1, -0.05) is 111 Å². The summed E-state index contributed by atoms with van der Waals surface area (Å²) in [7, 11) is 3.11. The number of carbonyl (C=O) groups is 3. The average Bonchev–Trinajstić information content (AvgIpc) is 0.877. The lowest BCUT2D eigenvalue weighted by molar-refractivity contribution is 0.0303. The standard InChI is InChI=1S/C16H18ClN5O2.C14H15N3O2.C13H13N3O2.C13H15N3O.C12H11Cl2N3O/c1-19-14-9-13(20-16(18)21-14)10-2-3-11(12(17)8-10)15(23)22-4-6-24-7-5-22;1-3-11-8-12(17-14(15)16-11)9-4-6-10(7-5-9)13(18)19-2;1-2-10-7-11(16-13(14)15-10)8-3-5-9(6-4-8)12(17)18;1-2-11-7-12(16-13(14)15-11)10-5-3-4-9(6-10)8-17;1-2-6-5-8(17-12(15)16-6)7-3-4-9(18)11(14)10(7)13/h2-3,8-9H,4-7H2,1H3,(H3,18,19,20,21);4-8H,3H2,1-2H3,(H2,15,16,17);3-7H,2H2,1H3,(H,17,18)(H2,14,15,16);3-7,17H,2,8H2,1H3,(H2,14,15,16);3-5,18H,2H2,1H3,(H2,15,16,17). The molecule has 1 saturated heterocycles. The molecule has 10 aromatic rings. The Kier molecular flexibility index (Phi) is 26.5. The molecule has 498 valence electrons. The van der Waals surface area contributed by atoms with Gasteiger partial charge in [-0.2, -0.15) is 4.98 Å². The van der Waals surface area contributed by atoms with Gasteiger partial charge in [0.2, 0.25) is 29.7 Å². The maximum atomic E-state index is 12.6. The van der Waals surface area contributed by atoms with Crippen molar-refractivity contribution in [2.45, 2.75) is 60.0 Å². The van der Waals surface area contributed by atoms with Gasteiger partial charge in [-0.3, -0.25) is 4.79 Å². The van der Waals surface area contributed by atoms with Crippen LogP contribution < -0.4 is 34.0 Å². The number of phenols is 1. The first-order valence-corrected chi connectivity index (χ1v) is 31.1. The van der Waals surface area contributed by atoms with Gasteiger partial charge in [0.05, 0.1) is 82.1 Å². The number of carboxylic acids is 1. The second-order valence-corrected chi connectivity index (χ2v) is 21.9. The van der Waals surface area contributed by atoms with Crippen LogP contribution in [0.1, 0.15) is 87.1 Å². The lowest BCUT2D eigenvalue weighted by Crippen LogP contribution is -2.40. The topological polar surface area (TPSA) is 405 Å². The van der Waals surface area contributed by atoms with Crippen LogP contribution in [0.3, 0.4) is 0 Å². The van der Waals surface area contributed by atoms with Crippen molar-refractivity contribution in [3.8, 4) is 62.0 Å². The molecular weight excluding hydrogens is 1290 g/mol. The van der Waals surface area contributed by atoms with Crippen molar-refractivity contribution in [1.82, 2.24) is 54.7 Å². The number of anilines is 6. The van der Waals surface area contributed by atoms with E-state index in [1.54, 1.807) is 84.7 Å². The number of hydrogen-bond donors (Lipinski definition) is 9. The van der Waals surface area contributed by atoms with Gasteiger partial charge < -0.3 is 63.7 Å². The predicted octanol–water partition coefficient (Wildman–Crippen LogP) is 11.0. The zero-order chi connectivity index (χ0) is 69.6. The number of halogens is 3. The van der Waals surface area contributed by atoms with E-state index in [1.807, 2.05) is 82.3 Å². The number of amides is 1. The summed E-state index contributed by atoms with van der Waals surface area (Å²) in [6.07, 6.45) is 3.12. The number of aliphatic hydroxyl groups excluding tert-OH is 1. The van der Waals surface area contributed by atoms with Crippen molar-refractivity contribution >= 4 is 88.2 Å². The van der Waals surface area contributed by atoms with E-state index in [4.69, 9.17) is 78.4 Å². The van der Waals surface area contributed by atoms with Crippen LogP contribution in [-0.2, 0) is 41.8 Å². The molecule has 96 heavy (non-hydrogen) atoms. The fraction of sp³-hybridized carbons (Fsp3) is 0.221. The number of benzene rings is 5. The van der Waals surface area contributed by atoms with E-state index in [2.05, 4.69) is 59.9 Å². The number of aromatic hydroxyl groups is 1. The highest BCUT2D eigenvalue weighted by Gasteiger charge is 2.22. The fourth-order valence-corrected chi connectivity index (χ4v) is 9.83. The van der Waals surface area contributed by atoms with Crippen LogP contribution in [0.4, 0.5) is 35.6 Å². The third-order valence-corrected chi connectivity index (χ3v) is 15.4. The van der Waals surface area contributed by atoms with Crippen LogP contribution >= 0.6 is 34.8 Å². The van der Waals surface area contributed by atoms with Gasteiger partial charge in [-0.25, -0.2) is 54.4 Å². The number of esters is 1. The molecule has 1 aliphatic heterocycles. The van der Waals surface area contributed by atoms with Crippen molar-refractivity contribution in [3.05, 3.63) is 194 Å². The summed E-state index contributed by atoms with van der Waals surface area (Å²) in [4.78, 5) is 77.8. The van der Waals surface area contributed by atoms with E-state index in [9.17, 15) is 19.5 Å². The van der Waals surface area contributed by atoms with Gasteiger partial charge in [0, 0.05) is 76.8 Å². The van der Waals surface area contributed by atoms with Crippen LogP contribution in [0.5, 0.6) is 5.75 Å².